The summed E-state index contributed by atoms with van der Waals surface area (Å²) in [6.45, 7) is 8.69. The summed E-state index contributed by atoms with van der Waals surface area (Å²) >= 11 is 1.63. The second kappa shape index (κ2) is 9.04. The standard InChI is InChI=1S/C27H28N6O3S/c1-14(36-15(2)34)24-31-19-6-5-16(9-20(19)32-24)7-8-28-25-23-22(29-13-30-25)18-10-17-12-35-27(3,4)11-21(17)33-26(18)37-23/h5-6,9-10,13-14H,7-8,11-12H2,1-4H3,(H,31,32)(H,28,29,30). The van der Waals surface area contributed by atoms with Gasteiger partial charge in [-0.2, -0.15) is 0 Å². The Bertz CT molecular complexity index is 1660. The Morgan fingerprint density at radius 3 is 2.97 bits per heavy atom. The minimum atomic E-state index is -0.421. The number of carbonyl (C=O) groups is 1. The smallest absolute Gasteiger partial charge is 0.303 e. The number of carbonyl (C=O) groups excluding carboxylic acids is 1. The van der Waals surface area contributed by atoms with Crippen LogP contribution in [0.4, 0.5) is 5.82 Å². The molecule has 37 heavy (non-hydrogen) atoms. The van der Waals surface area contributed by atoms with Gasteiger partial charge in [0.05, 0.1) is 39.2 Å². The van der Waals surface area contributed by atoms with E-state index in [1.54, 1.807) is 24.6 Å². The van der Waals surface area contributed by atoms with Crippen LogP contribution in [-0.4, -0.2) is 43.0 Å². The van der Waals surface area contributed by atoms with E-state index in [4.69, 9.17) is 14.5 Å². The third-order valence-corrected chi connectivity index (χ3v) is 7.72. The summed E-state index contributed by atoms with van der Waals surface area (Å²) < 4.78 is 12.3. The monoisotopic (exact) mass is 516 g/mol. The highest BCUT2D eigenvalue weighted by molar-refractivity contribution is 7.25. The van der Waals surface area contributed by atoms with Crippen LogP contribution in [-0.2, 0) is 33.7 Å². The summed E-state index contributed by atoms with van der Waals surface area (Å²) in [5.74, 6) is 1.13. The summed E-state index contributed by atoms with van der Waals surface area (Å²) in [4.78, 5) is 34.2. The number of thiophene rings is 1. The lowest BCUT2D eigenvalue weighted by Crippen LogP contribution is -2.32. The number of rotatable bonds is 6. The van der Waals surface area contributed by atoms with E-state index in [0.717, 1.165) is 66.9 Å². The molecule has 0 saturated heterocycles. The van der Waals surface area contributed by atoms with Crippen LogP contribution in [0.15, 0.2) is 30.6 Å². The summed E-state index contributed by atoms with van der Waals surface area (Å²) in [7, 11) is 0. The SMILES string of the molecule is CC(=O)OC(C)c1nc2ccc(CCNc3ncnc4c3sc3nc5c(cc34)COC(C)(C)C5)cc2[nH]1. The number of ether oxygens (including phenoxy) is 2. The summed E-state index contributed by atoms with van der Waals surface area (Å²) in [5, 5.41) is 4.55. The molecule has 0 radical (unpaired) electrons. The van der Waals surface area contributed by atoms with Crippen LogP contribution < -0.4 is 5.32 Å². The van der Waals surface area contributed by atoms with Crippen molar-refractivity contribution < 1.29 is 14.3 Å². The van der Waals surface area contributed by atoms with Crippen LogP contribution in [0.3, 0.4) is 0 Å². The molecular formula is C27H28N6O3S. The molecule has 4 aromatic heterocycles. The maximum absolute atomic E-state index is 11.3. The third kappa shape index (κ3) is 4.62. The van der Waals surface area contributed by atoms with Gasteiger partial charge in [0.1, 0.15) is 22.8 Å². The maximum Gasteiger partial charge on any atom is 0.303 e. The van der Waals surface area contributed by atoms with Crippen LogP contribution in [0.1, 0.15) is 56.4 Å². The second-order valence-corrected chi connectivity index (χ2v) is 11.1. The number of aromatic amines is 1. The van der Waals surface area contributed by atoms with Crippen molar-refractivity contribution in [1.29, 1.82) is 0 Å². The van der Waals surface area contributed by atoms with Gasteiger partial charge >= 0.3 is 5.97 Å². The van der Waals surface area contributed by atoms with E-state index in [0.29, 0.717) is 19.0 Å². The van der Waals surface area contributed by atoms with Crippen LogP contribution in [0.5, 0.6) is 0 Å². The van der Waals surface area contributed by atoms with E-state index in [1.165, 1.54) is 6.92 Å². The number of nitrogens with one attached hydrogen (secondary N) is 2. The Labute approximate surface area is 217 Å². The summed E-state index contributed by atoms with van der Waals surface area (Å²) in [6.07, 6.45) is 2.79. The molecular weight excluding hydrogens is 488 g/mol. The Balaban J connectivity index is 1.20. The summed E-state index contributed by atoms with van der Waals surface area (Å²) in [6, 6.07) is 8.32. The highest BCUT2D eigenvalue weighted by Crippen LogP contribution is 2.38. The normalized spacial score (nSPS) is 15.7. The highest BCUT2D eigenvalue weighted by atomic mass is 32.1. The van der Waals surface area contributed by atoms with E-state index in [2.05, 4.69) is 57.3 Å². The molecule has 0 spiro atoms. The molecule has 1 aliphatic rings. The number of nitrogens with zero attached hydrogens (tertiary/aromatic N) is 4. The molecule has 1 aromatic carbocycles. The zero-order valence-electron chi connectivity index (χ0n) is 21.2. The van der Waals surface area contributed by atoms with Crippen molar-refractivity contribution in [1.82, 2.24) is 24.9 Å². The van der Waals surface area contributed by atoms with Crippen LogP contribution in [0.2, 0.25) is 0 Å². The average Bonchev–Trinajstić information content (AvgIpc) is 3.43. The highest BCUT2D eigenvalue weighted by Gasteiger charge is 2.28. The molecule has 9 nitrogen and oxygen atoms in total. The number of pyridine rings is 1. The molecule has 6 rings (SSSR count). The average molecular weight is 517 g/mol. The number of hydrogen-bond donors (Lipinski definition) is 2. The lowest BCUT2D eigenvalue weighted by molar-refractivity contribution is -0.146. The maximum atomic E-state index is 11.3. The number of hydrogen-bond acceptors (Lipinski definition) is 9. The van der Waals surface area contributed by atoms with Crippen molar-refractivity contribution in [3.63, 3.8) is 0 Å². The zero-order chi connectivity index (χ0) is 25.7. The van der Waals surface area contributed by atoms with Gasteiger partial charge in [0, 0.05) is 30.8 Å². The van der Waals surface area contributed by atoms with Gasteiger partial charge < -0.3 is 19.8 Å². The number of esters is 1. The second-order valence-electron chi connectivity index (χ2n) is 10.1. The largest absolute Gasteiger partial charge is 0.455 e. The molecule has 0 bridgehead atoms. The fourth-order valence-electron chi connectivity index (χ4n) is 4.77. The first-order valence-corrected chi connectivity index (χ1v) is 13.2. The van der Waals surface area contributed by atoms with E-state index in [-0.39, 0.29) is 11.6 Å². The first kappa shape index (κ1) is 23.7. The van der Waals surface area contributed by atoms with Gasteiger partial charge in [-0.3, -0.25) is 4.79 Å². The van der Waals surface area contributed by atoms with Gasteiger partial charge in [-0.15, -0.1) is 11.3 Å². The van der Waals surface area contributed by atoms with Crippen molar-refractivity contribution in [2.24, 2.45) is 0 Å². The Morgan fingerprint density at radius 1 is 1.27 bits per heavy atom. The van der Waals surface area contributed by atoms with Gasteiger partial charge in [0.15, 0.2) is 6.10 Å². The van der Waals surface area contributed by atoms with Gasteiger partial charge in [0.2, 0.25) is 0 Å². The Kier molecular flexibility index (Phi) is 5.80. The van der Waals surface area contributed by atoms with Crippen LogP contribution in [0.25, 0.3) is 31.5 Å². The fraction of sp³-hybridized carbons (Fsp3) is 0.370. The van der Waals surface area contributed by atoms with Crippen molar-refractivity contribution in [2.45, 2.75) is 58.8 Å². The zero-order valence-corrected chi connectivity index (χ0v) is 22.0. The van der Waals surface area contributed by atoms with Gasteiger partial charge in [-0.1, -0.05) is 6.07 Å². The number of benzene rings is 1. The molecule has 190 valence electrons. The van der Waals surface area contributed by atoms with E-state index < -0.39 is 6.10 Å². The van der Waals surface area contributed by atoms with Crippen molar-refractivity contribution >= 4 is 54.6 Å². The summed E-state index contributed by atoms with van der Waals surface area (Å²) in [5.41, 5.74) is 5.90. The molecule has 2 N–H and O–H groups in total. The van der Waals surface area contributed by atoms with Crippen molar-refractivity contribution in [3.05, 3.63) is 53.2 Å². The third-order valence-electron chi connectivity index (χ3n) is 6.62. The number of anilines is 1. The van der Waals surface area contributed by atoms with Crippen LogP contribution in [0, 0.1) is 0 Å². The minimum Gasteiger partial charge on any atom is -0.455 e. The van der Waals surface area contributed by atoms with Crippen LogP contribution >= 0.6 is 11.3 Å². The molecule has 5 heterocycles. The van der Waals surface area contributed by atoms with Gasteiger partial charge in [-0.25, -0.2) is 19.9 Å². The van der Waals surface area contributed by atoms with E-state index in [9.17, 15) is 4.79 Å². The van der Waals surface area contributed by atoms with Crippen molar-refractivity contribution in [3.8, 4) is 0 Å². The van der Waals surface area contributed by atoms with E-state index >= 15 is 0 Å². The molecule has 0 fully saturated rings. The quantitative estimate of drug-likeness (QED) is 0.294. The lowest BCUT2D eigenvalue weighted by atomic mass is 9.95. The molecule has 1 atom stereocenters. The molecule has 1 unspecified atom stereocenters. The number of imidazole rings is 1. The first-order valence-electron chi connectivity index (χ1n) is 12.4. The molecule has 1 aliphatic heterocycles. The molecule has 0 aliphatic carbocycles. The topological polar surface area (TPSA) is 115 Å². The lowest BCUT2D eigenvalue weighted by Gasteiger charge is -2.30. The fourth-order valence-corrected chi connectivity index (χ4v) is 5.86. The van der Waals surface area contributed by atoms with Gasteiger partial charge in [-0.05, 0) is 51.0 Å². The predicted octanol–water partition coefficient (Wildman–Crippen LogP) is 5.25. The Morgan fingerprint density at radius 2 is 2.14 bits per heavy atom. The number of aromatic nitrogens is 5. The number of fused-ring (bicyclic) bond motifs is 5. The van der Waals surface area contributed by atoms with Gasteiger partial charge in [0.25, 0.3) is 0 Å². The molecule has 10 heteroatoms. The predicted molar refractivity (Wildman–Crippen MR) is 144 cm³/mol. The molecule has 5 aromatic rings. The van der Waals surface area contributed by atoms with E-state index in [1.807, 2.05) is 6.07 Å². The molecule has 0 amide bonds. The first-order chi connectivity index (χ1) is 17.8. The molecule has 0 saturated carbocycles. The number of H-pyrrole nitrogens is 1. The minimum absolute atomic E-state index is 0.196. The Hall–Kier alpha value is -3.63. The van der Waals surface area contributed by atoms with Crippen molar-refractivity contribution in [2.75, 3.05) is 11.9 Å².